The molecule has 24 heavy (non-hydrogen) atoms. The topological polar surface area (TPSA) is 121 Å². The molecule has 1 aromatic rings. The molecule has 1 atom stereocenters. The SMILES string of the molecule is CC(=O)c1cccc(NC(=O)CNC(=O)N[C@H]2CCS(=O)(=O)C2)c1. The lowest BCUT2D eigenvalue weighted by molar-refractivity contribution is -0.115. The predicted octanol–water partition coefficient (Wildman–Crippen LogP) is 0.314. The van der Waals surface area contributed by atoms with Gasteiger partial charge in [-0.25, -0.2) is 13.2 Å². The van der Waals surface area contributed by atoms with Gasteiger partial charge in [0.2, 0.25) is 5.91 Å². The van der Waals surface area contributed by atoms with E-state index in [4.69, 9.17) is 0 Å². The zero-order chi connectivity index (χ0) is 17.7. The molecule has 8 nitrogen and oxygen atoms in total. The molecule has 130 valence electrons. The molecule has 9 heteroatoms. The summed E-state index contributed by atoms with van der Waals surface area (Å²) in [5.41, 5.74) is 0.928. The Hall–Kier alpha value is -2.42. The maximum atomic E-state index is 11.8. The molecule has 0 spiro atoms. The van der Waals surface area contributed by atoms with Gasteiger partial charge in [0.05, 0.1) is 18.1 Å². The molecule has 1 aliphatic rings. The van der Waals surface area contributed by atoms with Crippen molar-refractivity contribution in [1.29, 1.82) is 0 Å². The van der Waals surface area contributed by atoms with Crippen LogP contribution in [0.15, 0.2) is 24.3 Å². The van der Waals surface area contributed by atoms with Gasteiger partial charge in [0.1, 0.15) is 0 Å². The molecular weight excluding hydrogens is 334 g/mol. The number of carbonyl (C=O) groups excluding carboxylic acids is 3. The Balaban J connectivity index is 1.78. The highest BCUT2D eigenvalue weighted by molar-refractivity contribution is 7.91. The second kappa shape index (κ2) is 7.43. The van der Waals surface area contributed by atoms with Gasteiger partial charge in [-0.05, 0) is 25.5 Å². The monoisotopic (exact) mass is 353 g/mol. The van der Waals surface area contributed by atoms with E-state index in [0.29, 0.717) is 17.7 Å². The molecule has 0 saturated carbocycles. The maximum Gasteiger partial charge on any atom is 0.315 e. The fourth-order valence-corrected chi connectivity index (χ4v) is 4.00. The van der Waals surface area contributed by atoms with Gasteiger partial charge >= 0.3 is 6.03 Å². The van der Waals surface area contributed by atoms with Crippen LogP contribution in [-0.2, 0) is 14.6 Å². The number of nitrogens with one attached hydrogen (secondary N) is 3. The Morgan fingerprint density at radius 2 is 2.00 bits per heavy atom. The van der Waals surface area contributed by atoms with Crippen LogP contribution in [0.3, 0.4) is 0 Å². The van der Waals surface area contributed by atoms with Crippen LogP contribution in [0.5, 0.6) is 0 Å². The number of rotatable bonds is 5. The standard InChI is InChI=1S/C15H19N3O5S/c1-10(19)11-3-2-4-12(7-11)17-14(20)8-16-15(21)18-13-5-6-24(22,23)9-13/h2-4,7,13H,5-6,8-9H2,1H3,(H,17,20)(H2,16,18,21)/t13-/m0/s1. The van der Waals surface area contributed by atoms with Crippen molar-refractivity contribution < 1.29 is 22.8 Å². The van der Waals surface area contributed by atoms with Gasteiger partial charge in [-0.1, -0.05) is 12.1 Å². The minimum absolute atomic E-state index is 0.0604. The van der Waals surface area contributed by atoms with E-state index in [9.17, 15) is 22.8 Å². The minimum Gasteiger partial charge on any atom is -0.334 e. The largest absolute Gasteiger partial charge is 0.334 e. The maximum absolute atomic E-state index is 11.8. The molecule has 1 aliphatic heterocycles. The van der Waals surface area contributed by atoms with Crippen molar-refractivity contribution in [2.45, 2.75) is 19.4 Å². The summed E-state index contributed by atoms with van der Waals surface area (Å²) in [6.07, 6.45) is 0.375. The van der Waals surface area contributed by atoms with Gasteiger partial charge < -0.3 is 16.0 Å². The molecule has 1 aromatic carbocycles. The summed E-state index contributed by atoms with van der Waals surface area (Å²) in [6, 6.07) is 5.44. The van der Waals surface area contributed by atoms with Crippen molar-refractivity contribution in [3.8, 4) is 0 Å². The molecule has 0 radical (unpaired) electrons. The number of hydrogen-bond donors (Lipinski definition) is 3. The average Bonchev–Trinajstić information content (AvgIpc) is 2.84. The highest BCUT2D eigenvalue weighted by atomic mass is 32.2. The fraction of sp³-hybridized carbons (Fsp3) is 0.400. The molecule has 1 fully saturated rings. The van der Waals surface area contributed by atoms with E-state index in [-0.39, 0.29) is 23.8 Å². The fourth-order valence-electron chi connectivity index (χ4n) is 2.33. The smallest absolute Gasteiger partial charge is 0.315 e. The zero-order valence-corrected chi connectivity index (χ0v) is 14.0. The first-order chi connectivity index (χ1) is 11.2. The van der Waals surface area contributed by atoms with E-state index in [1.165, 1.54) is 6.92 Å². The first kappa shape index (κ1) is 17.9. The molecule has 0 bridgehead atoms. The summed E-state index contributed by atoms with van der Waals surface area (Å²) in [6.45, 7) is 1.16. The molecule has 0 aromatic heterocycles. The Bertz CT molecular complexity index is 760. The molecule has 1 saturated heterocycles. The summed E-state index contributed by atoms with van der Waals surface area (Å²) in [7, 11) is -3.07. The Morgan fingerprint density at radius 3 is 2.62 bits per heavy atom. The second-order valence-corrected chi connectivity index (χ2v) is 7.84. The van der Waals surface area contributed by atoms with Gasteiger partial charge in [-0.3, -0.25) is 9.59 Å². The lowest BCUT2D eigenvalue weighted by Crippen LogP contribution is -2.45. The summed E-state index contributed by atoms with van der Waals surface area (Å²) in [5, 5.41) is 7.46. The van der Waals surface area contributed by atoms with Gasteiger partial charge in [-0.2, -0.15) is 0 Å². The van der Waals surface area contributed by atoms with E-state index >= 15 is 0 Å². The summed E-state index contributed by atoms with van der Waals surface area (Å²) < 4.78 is 22.6. The van der Waals surface area contributed by atoms with Crippen molar-refractivity contribution in [3.05, 3.63) is 29.8 Å². The van der Waals surface area contributed by atoms with E-state index in [1.807, 2.05) is 0 Å². The van der Waals surface area contributed by atoms with E-state index in [1.54, 1.807) is 24.3 Å². The molecule has 3 N–H and O–H groups in total. The number of amides is 3. The number of benzene rings is 1. The predicted molar refractivity (Wildman–Crippen MR) is 88.7 cm³/mol. The molecule has 3 amide bonds. The third-order valence-electron chi connectivity index (χ3n) is 3.53. The van der Waals surface area contributed by atoms with Crippen molar-refractivity contribution in [3.63, 3.8) is 0 Å². The number of carbonyl (C=O) groups is 3. The van der Waals surface area contributed by atoms with E-state index in [0.717, 1.165) is 0 Å². The normalized spacial score (nSPS) is 18.6. The summed E-state index contributed by atoms with van der Waals surface area (Å²) in [5.74, 6) is -0.588. The van der Waals surface area contributed by atoms with Crippen molar-refractivity contribution in [2.75, 3.05) is 23.4 Å². The molecular formula is C15H19N3O5S. The first-order valence-corrected chi connectivity index (χ1v) is 9.23. The van der Waals surface area contributed by atoms with Crippen molar-refractivity contribution >= 4 is 33.2 Å². The molecule has 1 heterocycles. The van der Waals surface area contributed by atoms with E-state index in [2.05, 4.69) is 16.0 Å². The van der Waals surface area contributed by atoms with E-state index < -0.39 is 27.8 Å². The average molecular weight is 353 g/mol. The van der Waals surface area contributed by atoms with Crippen LogP contribution >= 0.6 is 0 Å². The quantitative estimate of drug-likeness (QED) is 0.658. The summed E-state index contributed by atoms with van der Waals surface area (Å²) in [4.78, 5) is 34.8. The Morgan fingerprint density at radius 1 is 1.25 bits per heavy atom. The van der Waals surface area contributed by atoms with Crippen LogP contribution in [0.2, 0.25) is 0 Å². The summed E-state index contributed by atoms with van der Waals surface area (Å²) >= 11 is 0. The molecule has 0 unspecified atom stereocenters. The number of anilines is 1. The first-order valence-electron chi connectivity index (χ1n) is 7.41. The van der Waals surface area contributed by atoms with Gasteiger partial charge in [-0.15, -0.1) is 0 Å². The zero-order valence-electron chi connectivity index (χ0n) is 13.2. The highest BCUT2D eigenvalue weighted by Gasteiger charge is 2.28. The number of Topliss-reactive ketones (excluding diaryl/α,β-unsaturated/α-hetero) is 1. The lowest BCUT2D eigenvalue weighted by Gasteiger charge is -2.12. The van der Waals surface area contributed by atoms with Gasteiger partial charge in [0.15, 0.2) is 15.6 Å². The van der Waals surface area contributed by atoms with Gasteiger partial charge in [0.25, 0.3) is 0 Å². The third kappa shape index (κ3) is 5.34. The van der Waals surface area contributed by atoms with Crippen LogP contribution in [0, 0.1) is 0 Å². The second-order valence-electron chi connectivity index (χ2n) is 5.61. The van der Waals surface area contributed by atoms with Crippen LogP contribution in [0.4, 0.5) is 10.5 Å². The van der Waals surface area contributed by atoms with Crippen LogP contribution in [-0.4, -0.2) is 50.2 Å². The number of hydrogen-bond acceptors (Lipinski definition) is 5. The van der Waals surface area contributed by atoms with Crippen LogP contribution in [0.1, 0.15) is 23.7 Å². The number of sulfone groups is 1. The number of urea groups is 1. The minimum atomic E-state index is -3.07. The Kier molecular flexibility index (Phi) is 5.55. The lowest BCUT2D eigenvalue weighted by atomic mass is 10.1. The van der Waals surface area contributed by atoms with Crippen LogP contribution in [0.25, 0.3) is 0 Å². The molecule has 2 rings (SSSR count). The Labute approximate surface area is 139 Å². The van der Waals surface area contributed by atoms with Crippen LogP contribution < -0.4 is 16.0 Å². The van der Waals surface area contributed by atoms with Crippen molar-refractivity contribution in [1.82, 2.24) is 10.6 Å². The molecule has 0 aliphatic carbocycles. The van der Waals surface area contributed by atoms with Gasteiger partial charge in [0, 0.05) is 17.3 Å². The third-order valence-corrected chi connectivity index (χ3v) is 5.30. The number of ketones is 1. The highest BCUT2D eigenvalue weighted by Crippen LogP contribution is 2.11. The van der Waals surface area contributed by atoms with Crippen molar-refractivity contribution in [2.24, 2.45) is 0 Å².